The third-order valence-corrected chi connectivity index (χ3v) is 6.50. The molecule has 158 valence electrons. The molecular formula is C25H29NO4. The van der Waals surface area contributed by atoms with E-state index < -0.39 is 5.92 Å². The number of ether oxygens (including phenoxy) is 2. The van der Waals surface area contributed by atoms with Gasteiger partial charge in [-0.1, -0.05) is 12.1 Å². The molecule has 0 amide bonds. The lowest BCUT2D eigenvalue weighted by Gasteiger charge is -2.31. The van der Waals surface area contributed by atoms with E-state index in [-0.39, 0.29) is 17.5 Å². The SMILES string of the molecule is COc1ncccc1-c1ccc(C)c(C2C(=O)CC(CC3CCOCC3)CC2=O)c1. The first kappa shape index (κ1) is 20.7. The van der Waals surface area contributed by atoms with E-state index in [2.05, 4.69) is 4.98 Å². The lowest BCUT2D eigenvalue weighted by molar-refractivity contribution is -0.134. The highest BCUT2D eigenvalue weighted by Gasteiger charge is 2.38. The zero-order valence-corrected chi connectivity index (χ0v) is 17.7. The van der Waals surface area contributed by atoms with E-state index in [1.165, 1.54) is 0 Å². The molecule has 0 bridgehead atoms. The lowest BCUT2D eigenvalue weighted by atomic mass is 9.72. The van der Waals surface area contributed by atoms with Gasteiger partial charge in [0.1, 0.15) is 17.5 Å². The van der Waals surface area contributed by atoms with Gasteiger partial charge in [-0.15, -0.1) is 0 Å². The second-order valence-electron chi connectivity index (χ2n) is 8.56. The molecule has 2 aliphatic rings. The van der Waals surface area contributed by atoms with Gasteiger partial charge in [0.25, 0.3) is 0 Å². The van der Waals surface area contributed by atoms with E-state index >= 15 is 0 Å². The monoisotopic (exact) mass is 407 g/mol. The largest absolute Gasteiger partial charge is 0.481 e. The first-order valence-corrected chi connectivity index (χ1v) is 10.8. The molecule has 0 atom stereocenters. The van der Waals surface area contributed by atoms with E-state index in [4.69, 9.17) is 9.47 Å². The van der Waals surface area contributed by atoms with Crippen LogP contribution in [0.15, 0.2) is 36.5 Å². The zero-order chi connectivity index (χ0) is 21.1. The van der Waals surface area contributed by atoms with Crippen LogP contribution in [0.4, 0.5) is 0 Å². The third kappa shape index (κ3) is 4.31. The molecular weight excluding hydrogens is 378 g/mol. The van der Waals surface area contributed by atoms with Crippen LogP contribution in [-0.2, 0) is 14.3 Å². The fourth-order valence-electron chi connectivity index (χ4n) is 4.92. The predicted molar refractivity (Wildman–Crippen MR) is 115 cm³/mol. The Bertz CT molecular complexity index is 914. The van der Waals surface area contributed by atoms with Gasteiger partial charge in [0.05, 0.1) is 7.11 Å². The summed E-state index contributed by atoms with van der Waals surface area (Å²) in [7, 11) is 1.59. The van der Waals surface area contributed by atoms with Crippen LogP contribution in [-0.4, -0.2) is 36.9 Å². The number of carbonyl (C=O) groups is 2. The molecule has 2 fully saturated rings. The van der Waals surface area contributed by atoms with Crippen LogP contribution in [0, 0.1) is 18.8 Å². The standard InChI is InChI=1S/C25H29NO4/c1-16-5-6-19(20-4-3-9-26-25(20)29-2)15-21(16)24-22(27)13-18(14-23(24)28)12-17-7-10-30-11-8-17/h3-6,9,15,17-18,24H,7-8,10-14H2,1-2H3. The molecule has 4 rings (SSSR count). The van der Waals surface area contributed by atoms with Gasteiger partial charge in [0, 0.05) is 37.8 Å². The minimum Gasteiger partial charge on any atom is -0.481 e. The number of methoxy groups -OCH3 is 1. The molecule has 5 nitrogen and oxygen atoms in total. The van der Waals surface area contributed by atoms with Crippen LogP contribution in [0.25, 0.3) is 11.1 Å². The highest BCUT2D eigenvalue weighted by molar-refractivity contribution is 6.10. The van der Waals surface area contributed by atoms with Crippen molar-refractivity contribution in [1.29, 1.82) is 0 Å². The number of pyridine rings is 1. The molecule has 0 unspecified atom stereocenters. The van der Waals surface area contributed by atoms with Crippen molar-refractivity contribution in [3.63, 3.8) is 0 Å². The maximum Gasteiger partial charge on any atom is 0.221 e. The summed E-state index contributed by atoms with van der Waals surface area (Å²) >= 11 is 0. The molecule has 2 heterocycles. The lowest BCUT2D eigenvalue weighted by Crippen LogP contribution is -2.33. The highest BCUT2D eigenvalue weighted by atomic mass is 16.5. The maximum atomic E-state index is 13.1. The number of hydrogen-bond acceptors (Lipinski definition) is 5. The van der Waals surface area contributed by atoms with E-state index in [1.54, 1.807) is 13.3 Å². The Labute approximate surface area is 177 Å². The average Bonchev–Trinajstić information content (AvgIpc) is 2.75. The summed E-state index contributed by atoms with van der Waals surface area (Å²) in [6.07, 6.45) is 5.71. The summed E-state index contributed by atoms with van der Waals surface area (Å²) in [6.45, 7) is 3.56. The Morgan fingerprint density at radius 3 is 2.50 bits per heavy atom. The number of nitrogens with zero attached hydrogens (tertiary/aromatic N) is 1. The Kier molecular flexibility index (Phi) is 6.28. The average molecular weight is 408 g/mol. The van der Waals surface area contributed by atoms with Crippen molar-refractivity contribution < 1.29 is 19.1 Å². The summed E-state index contributed by atoms with van der Waals surface area (Å²) in [4.78, 5) is 30.5. The Balaban J connectivity index is 1.56. The van der Waals surface area contributed by atoms with Crippen molar-refractivity contribution in [2.24, 2.45) is 11.8 Å². The molecule has 1 aromatic carbocycles. The Morgan fingerprint density at radius 2 is 1.80 bits per heavy atom. The molecule has 0 N–H and O–H groups in total. The fourth-order valence-corrected chi connectivity index (χ4v) is 4.92. The molecule has 0 radical (unpaired) electrons. The number of benzene rings is 1. The Hall–Kier alpha value is -2.53. The van der Waals surface area contributed by atoms with Crippen molar-refractivity contribution in [2.45, 2.75) is 44.9 Å². The number of aromatic nitrogens is 1. The van der Waals surface area contributed by atoms with E-state index in [9.17, 15) is 9.59 Å². The quantitative estimate of drug-likeness (QED) is 0.682. The van der Waals surface area contributed by atoms with Crippen molar-refractivity contribution in [1.82, 2.24) is 4.98 Å². The van der Waals surface area contributed by atoms with Gasteiger partial charge in [0.15, 0.2) is 0 Å². The van der Waals surface area contributed by atoms with E-state index in [0.29, 0.717) is 24.6 Å². The fraction of sp³-hybridized carbons (Fsp3) is 0.480. The van der Waals surface area contributed by atoms with Crippen LogP contribution < -0.4 is 4.74 Å². The van der Waals surface area contributed by atoms with Gasteiger partial charge >= 0.3 is 0 Å². The van der Waals surface area contributed by atoms with Crippen molar-refractivity contribution in [2.75, 3.05) is 20.3 Å². The van der Waals surface area contributed by atoms with Crippen LogP contribution in [0.5, 0.6) is 5.88 Å². The topological polar surface area (TPSA) is 65.5 Å². The summed E-state index contributed by atoms with van der Waals surface area (Å²) in [5, 5.41) is 0. The number of Topliss-reactive ketones (excluding diaryl/α,β-unsaturated/α-hetero) is 2. The normalized spacial score (nSPS) is 22.9. The van der Waals surface area contributed by atoms with Crippen molar-refractivity contribution >= 4 is 11.6 Å². The number of carbonyl (C=O) groups excluding carboxylic acids is 2. The molecule has 30 heavy (non-hydrogen) atoms. The van der Waals surface area contributed by atoms with Gasteiger partial charge in [-0.25, -0.2) is 4.98 Å². The van der Waals surface area contributed by atoms with Crippen LogP contribution >= 0.6 is 0 Å². The van der Waals surface area contributed by atoms with Gasteiger partial charge in [-0.2, -0.15) is 0 Å². The number of rotatable bonds is 5. The summed E-state index contributed by atoms with van der Waals surface area (Å²) < 4.78 is 10.8. The van der Waals surface area contributed by atoms with Gasteiger partial charge in [0.2, 0.25) is 5.88 Å². The molecule has 5 heteroatoms. The first-order chi connectivity index (χ1) is 14.6. The third-order valence-electron chi connectivity index (χ3n) is 6.50. The second kappa shape index (κ2) is 9.09. The number of hydrogen-bond donors (Lipinski definition) is 0. The molecule has 2 aromatic rings. The number of aryl methyl sites for hydroxylation is 1. The van der Waals surface area contributed by atoms with Gasteiger partial charge in [-0.05, 0) is 72.9 Å². The Morgan fingerprint density at radius 1 is 1.07 bits per heavy atom. The highest BCUT2D eigenvalue weighted by Crippen LogP contribution is 2.38. The maximum absolute atomic E-state index is 13.1. The predicted octanol–water partition coefficient (Wildman–Crippen LogP) is 4.51. The first-order valence-electron chi connectivity index (χ1n) is 10.8. The minimum atomic E-state index is -0.654. The molecule has 1 saturated heterocycles. The van der Waals surface area contributed by atoms with Crippen LogP contribution in [0.2, 0.25) is 0 Å². The van der Waals surface area contributed by atoms with Crippen molar-refractivity contribution in [3.8, 4) is 17.0 Å². The van der Waals surface area contributed by atoms with Gasteiger partial charge < -0.3 is 9.47 Å². The molecule has 0 spiro atoms. The smallest absolute Gasteiger partial charge is 0.221 e. The summed E-state index contributed by atoms with van der Waals surface area (Å²) in [6, 6.07) is 9.73. The molecule has 1 saturated carbocycles. The van der Waals surface area contributed by atoms with E-state index in [0.717, 1.165) is 54.7 Å². The molecule has 1 aromatic heterocycles. The summed E-state index contributed by atoms with van der Waals surface area (Å²) in [5.74, 6) is 0.738. The molecule has 1 aliphatic heterocycles. The zero-order valence-electron chi connectivity index (χ0n) is 17.7. The minimum absolute atomic E-state index is 0.0571. The number of ketones is 2. The van der Waals surface area contributed by atoms with Gasteiger partial charge in [-0.3, -0.25) is 9.59 Å². The van der Waals surface area contributed by atoms with E-state index in [1.807, 2.05) is 37.3 Å². The molecule has 1 aliphatic carbocycles. The van der Waals surface area contributed by atoms with Crippen molar-refractivity contribution in [3.05, 3.63) is 47.7 Å². The summed E-state index contributed by atoms with van der Waals surface area (Å²) in [5.41, 5.74) is 3.55. The van der Waals surface area contributed by atoms with Crippen LogP contribution in [0.1, 0.15) is 49.1 Å². The van der Waals surface area contributed by atoms with Crippen LogP contribution in [0.3, 0.4) is 0 Å². The second-order valence-corrected chi connectivity index (χ2v) is 8.56.